The van der Waals surface area contributed by atoms with Gasteiger partial charge in [0.2, 0.25) is 0 Å². The van der Waals surface area contributed by atoms with E-state index in [0.29, 0.717) is 15.8 Å². The van der Waals surface area contributed by atoms with E-state index in [0.717, 1.165) is 10.0 Å². The van der Waals surface area contributed by atoms with Gasteiger partial charge in [-0.3, -0.25) is 0 Å². The summed E-state index contributed by atoms with van der Waals surface area (Å²) in [5, 5.41) is 4.85. The molecule has 0 saturated carbocycles. The van der Waals surface area contributed by atoms with Crippen molar-refractivity contribution in [3.05, 3.63) is 62.5 Å². The maximum Gasteiger partial charge on any atom is 0.176 e. The zero-order valence-corrected chi connectivity index (χ0v) is 12.2. The van der Waals surface area contributed by atoms with Crippen molar-refractivity contribution in [3.63, 3.8) is 0 Å². The molecular formula is C13H8BrCl2NO. The molecule has 2 aromatic rings. The van der Waals surface area contributed by atoms with Crippen LogP contribution < -0.4 is 4.84 Å². The van der Waals surface area contributed by atoms with Gasteiger partial charge in [-0.15, -0.1) is 0 Å². The van der Waals surface area contributed by atoms with Crippen molar-refractivity contribution in [2.24, 2.45) is 5.16 Å². The van der Waals surface area contributed by atoms with Crippen LogP contribution in [0.5, 0.6) is 5.75 Å². The molecule has 2 aromatic carbocycles. The van der Waals surface area contributed by atoms with Gasteiger partial charge >= 0.3 is 0 Å². The minimum Gasteiger partial charge on any atom is -0.355 e. The molecule has 92 valence electrons. The van der Waals surface area contributed by atoms with Gasteiger partial charge in [0.1, 0.15) is 0 Å². The Morgan fingerprint density at radius 1 is 1.06 bits per heavy atom. The van der Waals surface area contributed by atoms with E-state index < -0.39 is 0 Å². The van der Waals surface area contributed by atoms with Crippen molar-refractivity contribution in [2.75, 3.05) is 0 Å². The second-order valence-electron chi connectivity index (χ2n) is 3.45. The topological polar surface area (TPSA) is 21.6 Å². The molecule has 0 fully saturated rings. The molecule has 0 atom stereocenters. The van der Waals surface area contributed by atoms with Gasteiger partial charge in [-0.2, -0.15) is 0 Å². The molecule has 0 N–H and O–H groups in total. The summed E-state index contributed by atoms with van der Waals surface area (Å²) >= 11 is 15.1. The monoisotopic (exact) mass is 343 g/mol. The van der Waals surface area contributed by atoms with Gasteiger partial charge in [-0.25, -0.2) is 0 Å². The van der Waals surface area contributed by atoms with E-state index >= 15 is 0 Å². The summed E-state index contributed by atoms with van der Waals surface area (Å²) in [6, 6.07) is 12.7. The van der Waals surface area contributed by atoms with E-state index in [1.807, 2.05) is 24.3 Å². The van der Waals surface area contributed by atoms with Gasteiger partial charge in [0.15, 0.2) is 5.75 Å². The third-order valence-corrected chi connectivity index (χ3v) is 3.18. The highest BCUT2D eigenvalue weighted by atomic mass is 79.9. The molecule has 0 aliphatic carbocycles. The summed E-state index contributed by atoms with van der Waals surface area (Å²) in [4.78, 5) is 5.19. The second kappa shape index (κ2) is 6.23. The first-order valence-corrected chi connectivity index (χ1v) is 6.61. The van der Waals surface area contributed by atoms with E-state index in [4.69, 9.17) is 28.0 Å². The molecule has 0 aliphatic heterocycles. The largest absolute Gasteiger partial charge is 0.355 e. The smallest absolute Gasteiger partial charge is 0.176 e. The summed E-state index contributed by atoms with van der Waals surface area (Å²) in [6.45, 7) is 0. The Hall–Kier alpha value is -1.03. The van der Waals surface area contributed by atoms with Crippen molar-refractivity contribution >= 4 is 45.3 Å². The SMILES string of the molecule is Clc1ccc(O/N=C\c2ccc(Br)cc2)c(Cl)c1. The fraction of sp³-hybridized carbons (Fsp3) is 0. The van der Waals surface area contributed by atoms with Crippen molar-refractivity contribution in [1.82, 2.24) is 0 Å². The van der Waals surface area contributed by atoms with Crippen LogP contribution >= 0.6 is 39.1 Å². The van der Waals surface area contributed by atoms with Crippen LogP contribution in [0.25, 0.3) is 0 Å². The zero-order chi connectivity index (χ0) is 13.0. The lowest BCUT2D eigenvalue weighted by Crippen LogP contribution is -1.87. The highest BCUT2D eigenvalue weighted by molar-refractivity contribution is 9.10. The van der Waals surface area contributed by atoms with E-state index in [1.54, 1.807) is 24.4 Å². The van der Waals surface area contributed by atoms with Crippen LogP contribution in [-0.4, -0.2) is 6.21 Å². The van der Waals surface area contributed by atoms with Gasteiger partial charge < -0.3 is 4.84 Å². The van der Waals surface area contributed by atoms with Gasteiger partial charge in [0.25, 0.3) is 0 Å². The number of hydrogen-bond donors (Lipinski definition) is 0. The molecule has 18 heavy (non-hydrogen) atoms. The lowest BCUT2D eigenvalue weighted by molar-refractivity contribution is 0.344. The Morgan fingerprint density at radius 3 is 2.44 bits per heavy atom. The van der Waals surface area contributed by atoms with Crippen LogP contribution in [0.1, 0.15) is 5.56 Å². The van der Waals surface area contributed by atoms with Gasteiger partial charge in [0.05, 0.1) is 11.2 Å². The maximum atomic E-state index is 5.94. The zero-order valence-electron chi connectivity index (χ0n) is 9.11. The Bertz CT molecular complexity index is 570. The van der Waals surface area contributed by atoms with E-state index in [9.17, 15) is 0 Å². The number of oxime groups is 1. The molecule has 5 heteroatoms. The van der Waals surface area contributed by atoms with Crippen LogP contribution in [0.4, 0.5) is 0 Å². The Kier molecular flexibility index (Phi) is 4.64. The second-order valence-corrected chi connectivity index (χ2v) is 5.21. The lowest BCUT2D eigenvalue weighted by atomic mass is 10.2. The van der Waals surface area contributed by atoms with Crippen LogP contribution in [0.15, 0.2) is 52.1 Å². The normalized spacial score (nSPS) is 10.8. The average molecular weight is 345 g/mol. The van der Waals surface area contributed by atoms with Gasteiger partial charge in [0, 0.05) is 9.50 Å². The minimum atomic E-state index is 0.426. The number of halogens is 3. The van der Waals surface area contributed by atoms with Crippen LogP contribution in [0.3, 0.4) is 0 Å². The van der Waals surface area contributed by atoms with E-state index in [1.165, 1.54) is 0 Å². The molecule has 0 radical (unpaired) electrons. The van der Waals surface area contributed by atoms with Gasteiger partial charge in [-0.1, -0.05) is 56.4 Å². The van der Waals surface area contributed by atoms with Crippen molar-refractivity contribution in [1.29, 1.82) is 0 Å². The molecular weight excluding hydrogens is 337 g/mol. The molecule has 0 bridgehead atoms. The van der Waals surface area contributed by atoms with Gasteiger partial charge in [-0.05, 0) is 35.9 Å². The molecule has 0 saturated heterocycles. The van der Waals surface area contributed by atoms with E-state index in [-0.39, 0.29) is 0 Å². The number of rotatable bonds is 3. The first-order chi connectivity index (χ1) is 8.65. The van der Waals surface area contributed by atoms with Crippen LogP contribution in [-0.2, 0) is 0 Å². The molecule has 2 rings (SSSR count). The Labute approximate surface area is 123 Å². The predicted octanol–water partition coefficient (Wildman–Crippen LogP) is 5.17. The molecule has 0 aromatic heterocycles. The standard InChI is InChI=1S/C13H8BrCl2NO/c14-10-3-1-9(2-4-10)8-17-18-13-6-5-11(15)7-12(13)16/h1-8H/b17-8-. The summed E-state index contributed by atoms with van der Waals surface area (Å²) < 4.78 is 1.02. The molecule has 0 amide bonds. The Balaban J connectivity index is 2.05. The van der Waals surface area contributed by atoms with Crippen LogP contribution in [0.2, 0.25) is 10.0 Å². The minimum absolute atomic E-state index is 0.426. The highest BCUT2D eigenvalue weighted by Gasteiger charge is 2.01. The summed E-state index contributed by atoms with van der Waals surface area (Å²) in [5.41, 5.74) is 0.934. The fourth-order valence-corrected chi connectivity index (χ4v) is 1.95. The molecule has 2 nitrogen and oxygen atoms in total. The number of nitrogens with zero attached hydrogens (tertiary/aromatic N) is 1. The first kappa shape index (κ1) is 13.4. The molecule has 0 spiro atoms. The van der Waals surface area contributed by atoms with Crippen molar-refractivity contribution in [2.45, 2.75) is 0 Å². The summed E-state index contributed by atoms with van der Waals surface area (Å²) in [7, 11) is 0. The predicted molar refractivity (Wildman–Crippen MR) is 78.8 cm³/mol. The highest BCUT2D eigenvalue weighted by Crippen LogP contribution is 2.27. The fourth-order valence-electron chi connectivity index (χ4n) is 1.24. The number of benzene rings is 2. The van der Waals surface area contributed by atoms with Crippen LogP contribution in [0, 0.1) is 0 Å². The summed E-state index contributed by atoms with van der Waals surface area (Å²) in [5.74, 6) is 0.467. The molecule has 0 aliphatic rings. The average Bonchev–Trinajstić information content (AvgIpc) is 2.34. The van der Waals surface area contributed by atoms with E-state index in [2.05, 4.69) is 21.1 Å². The Morgan fingerprint density at radius 2 is 1.78 bits per heavy atom. The van der Waals surface area contributed by atoms with Crippen molar-refractivity contribution in [3.8, 4) is 5.75 Å². The molecule has 0 heterocycles. The lowest BCUT2D eigenvalue weighted by Gasteiger charge is -2.01. The first-order valence-electron chi connectivity index (χ1n) is 5.06. The quantitative estimate of drug-likeness (QED) is 0.556. The van der Waals surface area contributed by atoms with Crippen molar-refractivity contribution < 1.29 is 4.84 Å². The molecule has 0 unspecified atom stereocenters. The third-order valence-electron chi connectivity index (χ3n) is 2.12. The third kappa shape index (κ3) is 3.73. The number of hydrogen-bond acceptors (Lipinski definition) is 2. The summed E-state index contributed by atoms with van der Waals surface area (Å²) in [6.07, 6.45) is 1.61. The maximum absolute atomic E-state index is 5.94.